The Bertz CT molecular complexity index is 682. The minimum atomic E-state index is -3.55. The Morgan fingerprint density at radius 1 is 1.25 bits per heavy atom. The molecule has 1 aromatic heterocycles. The van der Waals surface area contributed by atoms with Crippen LogP contribution in [0.3, 0.4) is 0 Å². The summed E-state index contributed by atoms with van der Waals surface area (Å²) in [7, 11) is -3.55. The molecule has 106 valence electrons. The molecule has 1 aromatic carbocycles. The van der Waals surface area contributed by atoms with E-state index in [0.717, 1.165) is 11.1 Å². The van der Waals surface area contributed by atoms with E-state index in [2.05, 4.69) is 9.71 Å². The molecule has 0 amide bonds. The lowest BCUT2D eigenvalue weighted by molar-refractivity contribution is 0.580. The van der Waals surface area contributed by atoms with E-state index in [1.54, 1.807) is 6.07 Å². The molecule has 0 aliphatic heterocycles. The van der Waals surface area contributed by atoms with E-state index >= 15 is 0 Å². The molecule has 0 bridgehead atoms. The number of hydrogen-bond acceptors (Lipinski definition) is 4. The Labute approximate surface area is 118 Å². The predicted molar refractivity (Wildman–Crippen MR) is 77.3 cm³/mol. The molecule has 2 rings (SSSR count). The van der Waals surface area contributed by atoms with Crippen molar-refractivity contribution >= 4 is 10.0 Å². The van der Waals surface area contributed by atoms with Gasteiger partial charge in [-0.3, -0.25) is 4.98 Å². The van der Waals surface area contributed by atoms with Crippen molar-refractivity contribution in [2.24, 2.45) is 5.73 Å². The fraction of sp³-hybridized carbons (Fsp3) is 0.214. The fourth-order valence-electron chi connectivity index (χ4n) is 1.77. The Hall–Kier alpha value is -1.76. The van der Waals surface area contributed by atoms with Crippen LogP contribution in [-0.2, 0) is 23.1 Å². The van der Waals surface area contributed by atoms with Gasteiger partial charge >= 0.3 is 0 Å². The van der Waals surface area contributed by atoms with E-state index < -0.39 is 10.0 Å². The molecule has 0 spiro atoms. The molecule has 0 aliphatic rings. The van der Waals surface area contributed by atoms with E-state index in [4.69, 9.17) is 5.73 Å². The second kappa shape index (κ2) is 6.13. The summed E-state index contributed by atoms with van der Waals surface area (Å²) in [5, 5.41) is 0. The molecule has 6 heteroatoms. The lowest BCUT2D eigenvalue weighted by Gasteiger charge is -2.07. The van der Waals surface area contributed by atoms with Crippen LogP contribution in [0.2, 0.25) is 0 Å². The second-order valence-corrected chi connectivity index (χ2v) is 6.27. The molecule has 20 heavy (non-hydrogen) atoms. The number of hydrogen-bond donors (Lipinski definition) is 2. The first-order chi connectivity index (χ1) is 9.51. The average Bonchev–Trinajstić information content (AvgIpc) is 2.45. The summed E-state index contributed by atoms with van der Waals surface area (Å²) in [6.45, 7) is 2.51. The average molecular weight is 291 g/mol. The zero-order chi connectivity index (χ0) is 14.6. The van der Waals surface area contributed by atoms with Gasteiger partial charge in [0.25, 0.3) is 0 Å². The topological polar surface area (TPSA) is 85.1 Å². The van der Waals surface area contributed by atoms with Gasteiger partial charge in [0.05, 0.1) is 5.69 Å². The largest absolute Gasteiger partial charge is 0.325 e. The Balaban J connectivity index is 2.10. The Kier molecular flexibility index (Phi) is 4.49. The van der Waals surface area contributed by atoms with Gasteiger partial charge in [0, 0.05) is 19.3 Å². The van der Waals surface area contributed by atoms with Crippen molar-refractivity contribution in [1.29, 1.82) is 0 Å². The van der Waals surface area contributed by atoms with Crippen LogP contribution in [0.15, 0.2) is 47.5 Å². The molecule has 0 aliphatic carbocycles. The smallest absolute Gasteiger partial charge is 0.242 e. The first-order valence-electron chi connectivity index (χ1n) is 6.21. The predicted octanol–water partition coefficient (Wildman–Crippen LogP) is 1.33. The van der Waals surface area contributed by atoms with Gasteiger partial charge < -0.3 is 5.73 Å². The third kappa shape index (κ3) is 3.63. The fourth-order valence-corrected chi connectivity index (χ4v) is 2.74. The lowest BCUT2D eigenvalue weighted by atomic mass is 10.1. The van der Waals surface area contributed by atoms with Crippen molar-refractivity contribution in [2.75, 3.05) is 0 Å². The van der Waals surface area contributed by atoms with Crippen molar-refractivity contribution in [1.82, 2.24) is 9.71 Å². The van der Waals surface area contributed by atoms with Gasteiger partial charge in [0.15, 0.2) is 0 Å². The van der Waals surface area contributed by atoms with Crippen LogP contribution >= 0.6 is 0 Å². The number of benzene rings is 1. The van der Waals surface area contributed by atoms with Gasteiger partial charge in [-0.15, -0.1) is 0 Å². The van der Waals surface area contributed by atoms with E-state index in [9.17, 15) is 8.42 Å². The number of sulfonamides is 1. The lowest BCUT2D eigenvalue weighted by Crippen LogP contribution is -2.23. The minimum absolute atomic E-state index is 0.141. The number of aromatic nitrogens is 1. The van der Waals surface area contributed by atoms with Crippen LogP contribution in [0.4, 0.5) is 0 Å². The SMILES string of the molecule is Cc1cccc(CNS(=O)(=O)c2ccc(CN)nc2)c1. The number of nitrogens with one attached hydrogen (secondary N) is 1. The monoisotopic (exact) mass is 291 g/mol. The van der Waals surface area contributed by atoms with Gasteiger partial charge in [-0.25, -0.2) is 13.1 Å². The Morgan fingerprint density at radius 2 is 2.05 bits per heavy atom. The number of nitrogens with zero attached hydrogens (tertiary/aromatic N) is 1. The van der Waals surface area contributed by atoms with E-state index in [0.29, 0.717) is 5.69 Å². The second-order valence-electron chi connectivity index (χ2n) is 4.50. The molecule has 1 heterocycles. The summed E-state index contributed by atoms with van der Waals surface area (Å²) >= 11 is 0. The minimum Gasteiger partial charge on any atom is -0.325 e. The van der Waals surface area contributed by atoms with Crippen LogP contribution in [0.5, 0.6) is 0 Å². The molecule has 3 N–H and O–H groups in total. The van der Waals surface area contributed by atoms with E-state index in [1.165, 1.54) is 12.3 Å². The number of rotatable bonds is 5. The van der Waals surface area contributed by atoms with Crippen LogP contribution in [-0.4, -0.2) is 13.4 Å². The van der Waals surface area contributed by atoms with Crippen LogP contribution in [0, 0.1) is 6.92 Å². The summed E-state index contributed by atoms with van der Waals surface area (Å²) < 4.78 is 26.8. The van der Waals surface area contributed by atoms with Crippen molar-refractivity contribution in [3.05, 3.63) is 59.4 Å². The molecule has 0 saturated heterocycles. The third-order valence-electron chi connectivity index (χ3n) is 2.87. The normalized spacial score (nSPS) is 11.5. The van der Waals surface area contributed by atoms with Gasteiger partial charge in [-0.05, 0) is 24.6 Å². The molecule has 0 unspecified atom stereocenters. The Morgan fingerprint density at radius 3 is 2.65 bits per heavy atom. The number of nitrogens with two attached hydrogens (primary N) is 1. The highest BCUT2D eigenvalue weighted by atomic mass is 32.2. The van der Waals surface area contributed by atoms with Gasteiger partial charge in [-0.2, -0.15) is 0 Å². The van der Waals surface area contributed by atoms with Crippen molar-refractivity contribution in [3.8, 4) is 0 Å². The van der Waals surface area contributed by atoms with Crippen LogP contribution < -0.4 is 10.5 Å². The van der Waals surface area contributed by atoms with Gasteiger partial charge in [0.1, 0.15) is 4.90 Å². The first kappa shape index (κ1) is 14.6. The van der Waals surface area contributed by atoms with E-state index in [1.807, 2.05) is 31.2 Å². The molecule has 0 saturated carbocycles. The summed E-state index contributed by atoms with van der Waals surface area (Å²) in [5.41, 5.74) is 8.10. The molecule has 2 aromatic rings. The van der Waals surface area contributed by atoms with Crippen molar-refractivity contribution < 1.29 is 8.42 Å². The highest BCUT2D eigenvalue weighted by molar-refractivity contribution is 7.89. The van der Waals surface area contributed by atoms with Gasteiger partial charge in [-0.1, -0.05) is 29.8 Å². The van der Waals surface area contributed by atoms with Gasteiger partial charge in [0.2, 0.25) is 10.0 Å². The quantitative estimate of drug-likeness (QED) is 0.870. The molecule has 5 nitrogen and oxygen atoms in total. The maximum atomic E-state index is 12.1. The first-order valence-corrected chi connectivity index (χ1v) is 7.70. The number of aryl methyl sites for hydroxylation is 1. The molecular weight excluding hydrogens is 274 g/mol. The highest BCUT2D eigenvalue weighted by Crippen LogP contribution is 2.09. The third-order valence-corrected chi connectivity index (χ3v) is 4.25. The van der Waals surface area contributed by atoms with E-state index in [-0.39, 0.29) is 18.0 Å². The summed E-state index contributed by atoms with van der Waals surface area (Å²) in [6, 6.07) is 10.8. The highest BCUT2D eigenvalue weighted by Gasteiger charge is 2.13. The molecule has 0 fully saturated rings. The molecule has 0 atom stereocenters. The zero-order valence-corrected chi connectivity index (χ0v) is 12.0. The summed E-state index contributed by atoms with van der Waals surface area (Å²) in [5.74, 6) is 0. The molecule has 0 radical (unpaired) electrons. The maximum Gasteiger partial charge on any atom is 0.242 e. The molecular formula is C14H17N3O2S. The van der Waals surface area contributed by atoms with Crippen LogP contribution in [0.1, 0.15) is 16.8 Å². The standard InChI is InChI=1S/C14H17N3O2S/c1-11-3-2-4-12(7-11)9-17-20(18,19)14-6-5-13(8-15)16-10-14/h2-7,10,17H,8-9,15H2,1H3. The summed E-state index contributed by atoms with van der Waals surface area (Å²) in [6.07, 6.45) is 1.32. The van der Waals surface area contributed by atoms with Crippen molar-refractivity contribution in [3.63, 3.8) is 0 Å². The summed E-state index contributed by atoms with van der Waals surface area (Å²) in [4.78, 5) is 4.13. The van der Waals surface area contributed by atoms with Crippen LogP contribution in [0.25, 0.3) is 0 Å². The number of pyridine rings is 1. The zero-order valence-electron chi connectivity index (χ0n) is 11.2. The van der Waals surface area contributed by atoms with Crippen molar-refractivity contribution in [2.45, 2.75) is 24.9 Å². The maximum absolute atomic E-state index is 12.1.